The second-order valence-electron chi connectivity index (χ2n) is 7.14. The van der Waals surface area contributed by atoms with E-state index in [0.717, 1.165) is 41.8 Å². The summed E-state index contributed by atoms with van der Waals surface area (Å²) >= 11 is 1.39. The van der Waals surface area contributed by atoms with Gasteiger partial charge in [0.2, 0.25) is 0 Å². The van der Waals surface area contributed by atoms with Crippen LogP contribution in [0.2, 0.25) is 0 Å². The van der Waals surface area contributed by atoms with Crippen LogP contribution in [0.4, 0.5) is 5.69 Å². The largest absolute Gasteiger partial charge is 0.465 e. The summed E-state index contributed by atoms with van der Waals surface area (Å²) in [5.74, 6) is -0.265. The molecule has 1 amide bonds. The van der Waals surface area contributed by atoms with Crippen LogP contribution in [0, 0.1) is 0 Å². The van der Waals surface area contributed by atoms with Crippen molar-refractivity contribution in [2.24, 2.45) is 0 Å². The van der Waals surface area contributed by atoms with E-state index < -0.39 is 6.10 Å². The zero-order valence-electron chi connectivity index (χ0n) is 18.4. The van der Waals surface area contributed by atoms with Gasteiger partial charge in [0.05, 0.1) is 19.8 Å². The van der Waals surface area contributed by atoms with Gasteiger partial charge in [0.1, 0.15) is 4.88 Å². The quantitative estimate of drug-likeness (QED) is 0.440. The lowest BCUT2D eigenvalue weighted by Crippen LogP contribution is -2.24. The molecule has 0 fully saturated rings. The predicted molar refractivity (Wildman–Crippen MR) is 123 cm³/mol. The normalized spacial score (nSPS) is 13.7. The molecule has 0 aliphatic carbocycles. The van der Waals surface area contributed by atoms with Gasteiger partial charge in [0.25, 0.3) is 5.91 Å². The number of esters is 1. The maximum Gasteiger partial charge on any atom is 0.348 e. The number of hydrogen-bond donors (Lipinski definition) is 1. The number of aliphatic hydroxyl groups is 1. The van der Waals surface area contributed by atoms with E-state index in [1.165, 1.54) is 18.4 Å². The molecule has 1 unspecified atom stereocenters. The van der Waals surface area contributed by atoms with Crippen molar-refractivity contribution in [1.29, 1.82) is 0 Å². The molecule has 0 radical (unpaired) electrons. The molecule has 2 aromatic rings. The van der Waals surface area contributed by atoms with Crippen molar-refractivity contribution in [3.63, 3.8) is 0 Å². The molecule has 2 heterocycles. The Bertz CT molecular complexity index is 859. The molecule has 1 aliphatic heterocycles. The molecule has 168 valence electrons. The number of rotatable bonds is 9. The van der Waals surface area contributed by atoms with Crippen LogP contribution in [0.15, 0.2) is 48.6 Å². The van der Waals surface area contributed by atoms with Gasteiger partial charge >= 0.3 is 5.97 Å². The van der Waals surface area contributed by atoms with E-state index in [2.05, 4.69) is 11.7 Å². The monoisotopic (exact) mass is 445 g/mol. The summed E-state index contributed by atoms with van der Waals surface area (Å²) in [6.45, 7) is 3.33. The topological polar surface area (TPSA) is 76.1 Å². The minimum atomic E-state index is -0.395. The van der Waals surface area contributed by atoms with Crippen LogP contribution in [0.3, 0.4) is 0 Å². The van der Waals surface area contributed by atoms with Gasteiger partial charge in [-0.25, -0.2) is 4.79 Å². The molecule has 1 aromatic carbocycles. The van der Waals surface area contributed by atoms with Gasteiger partial charge in [-0.3, -0.25) is 4.79 Å². The van der Waals surface area contributed by atoms with E-state index >= 15 is 0 Å². The van der Waals surface area contributed by atoms with Crippen molar-refractivity contribution in [3.05, 3.63) is 63.9 Å². The number of carbonyl (C=O) groups is 2. The molecule has 31 heavy (non-hydrogen) atoms. The lowest BCUT2D eigenvalue weighted by molar-refractivity contribution is -0.113. The second kappa shape index (κ2) is 13.0. The summed E-state index contributed by atoms with van der Waals surface area (Å²) in [5, 5.41) is 10.1. The number of amides is 1. The molecule has 3 rings (SSSR count). The summed E-state index contributed by atoms with van der Waals surface area (Å²) in [5.41, 5.74) is 1.82. The fraction of sp³-hybridized carbons (Fsp3) is 0.417. The molecule has 1 atom stereocenters. The molecule has 1 aliphatic rings. The minimum absolute atomic E-state index is 0.0243. The van der Waals surface area contributed by atoms with Crippen LogP contribution in [-0.2, 0) is 20.9 Å². The fourth-order valence-corrected chi connectivity index (χ4v) is 4.01. The molecule has 0 saturated carbocycles. The fourth-order valence-electron chi connectivity index (χ4n) is 3.11. The Labute approximate surface area is 188 Å². The Morgan fingerprint density at radius 1 is 1.16 bits per heavy atom. The highest BCUT2D eigenvalue weighted by molar-refractivity contribution is 7.13. The maximum absolute atomic E-state index is 11.6. The van der Waals surface area contributed by atoms with Crippen LogP contribution >= 0.6 is 11.3 Å². The molecule has 0 spiro atoms. The van der Waals surface area contributed by atoms with Gasteiger partial charge in [-0.15, -0.1) is 11.3 Å². The Morgan fingerprint density at radius 2 is 1.90 bits per heavy atom. The third-order valence-corrected chi connectivity index (χ3v) is 5.86. The van der Waals surface area contributed by atoms with Gasteiger partial charge in [0.15, 0.2) is 0 Å². The van der Waals surface area contributed by atoms with E-state index in [9.17, 15) is 14.7 Å². The van der Waals surface area contributed by atoms with Gasteiger partial charge in [-0.2, -0.15) is 0 Å². The Hall–Kier alpha value is -2.48. The van der Waals surface area contributed by atoms with Crippen LogP contribution < -0.4 is 4.90 Å². The summed E-state index contributed by atoms with van der Waals surface area (Å²) in [7, 11) is 3.00. The first-order valence-corrected chi connectivity index (χ1v) is 11.2. The summed E-state index contributed by atoms with van der Waals surface area (Å²) in [4.78, 5) is 25.9. The van der Waals surface area contributed by atoms with E-state index in [-0.39, 0.29) is 11.9 Å². The number of aliphatic hydroxyl groups excluding tert-OH is 1. The number of benzene rings is 1. The van der Waals surface area contributed by atoms with Crippen molar-refractivity contribution in [2.45, 2.75) is 45.3 Å². The summed E-state index contributed by atoms with van der Waals surface area (Å²) in [6.07, 6.45) is 7.22. The Kier molecular flexibility index (Phi) is 10.4. The highest BCUT2D eigenvalue weighted by Gasteiger charge is 2.17. The van der Waals surface area contributed by atoms with Gasteiger partial charge in [-0.05, 0) is 36.2 Å². The molecular formula is C24H31NO5S. The lowest BCUT2D eigenvalue weighted by atomic mass is 10.0. The van der Waals surface area contributed by atoms with E-state index in [0.29, 0.717) is 18.0 Å². The minimum Gasteiger partial charge on any atom is -0.465 e. The van der Waals surface area contributed by atoms with E-state index in [1.54, 1.807) is 24.2 Å². The van der Waals surface area contributed by atoms with Crippen molar-refractivity contribution < 1.29 is 24.2 Å². The third kappa shape index (κ3) is 7.61. The smallest absolute Gasteiger partial charge is 0.348 e. The number of nitrogens with zero attached hydrogens (tertiary/aromatic N) is 1. The predicted octanol–water partition coefficient (Wildman–Crippen LogP) is 4.88. The Balaban J connectivity index is 0.000000245. The van der Waals surface area contributed by atoms with Crippen LogP contribution in [-0.4, -0.2) is 37.7 Å². The van der Waals surface area contributed by atoms with Gasteiger partial charge < -0.3 is 19.5 Å². The molecule has 7 heteroatoms. The van der Waals surface area contributed by atoms with Crippen LogP contribution in [0.5, 0.6) is 0 Å². The van der Waals surface area contributed by atoms with Gasteiger partial charge in [-0.1, -0.05) is 44.4 Å². The van der Waals surface area contributed by atoms with E-state index in [4.69, 9.17) is 4.74 Å². The molecule has 6 nitrogen and oxygen atoms in total. The first kappa shape index (κ1) is 24.8. The number of hydrogen-bond acceptors (Lipinski definition) is 6. The number of methoxy groups -OCH3 is 2. The zero-order chi connectivity index (χ0) is 22.6. The number of ether oxygens (including phenoxy) is 2. The zero-order valence-corrected chi connectivity index (χ0v) is 19.2. The van der Waals surface area contributed by atoms with Crippen molar-refractivity contribution in [1.82, 2.24) is 0 Å². The first-order chi connectivity index (χ1) is 15.0. The third-order valence-electron chi connectivity index (χ3n) is 4.82. The van der Waals surface area contributed by atoms with Crippen LogP contribution in [0.1, 0.15) is 58.8 Å². The Morgan fingerprint density at radius 3 is 2.48 bits per heavy atom. The highest BCUT2D eigenvalue weighted by Crippen LogP contribution is 2.24. The SMILES string of the molecule is CCCCCC(O)c1ccc(N2CC=CC2=O)cc1.COCc1ccc(C(=O)OC)s1. The van der Waals surface area contributed by atoms with E-state index in [1.807, 2.05) is 36.4 Å². The molecule has 1 aromatic heterocycles. The number of carbonyl (C=O) groups excluding carboxylic acids is 2. The highest BCUT2D eigenvalue weighted by atomic mass is 32.1. The molecular weight excluding hydrogens is 414 g/mol. The maximum atomic E-state index is 11.6. The van der Waals surface area contributed by atoms with Crippen molar-refractivity contribution in [3.8, 4) is 0 Å². The number of thiophene rings is 1. The lowest BCUT2D eigenvalue weighted by Gasteiger charge is -2.17. The first-order valence-electron chi connectivity index (χ1n) is 10.4. The van der Waals surface area contributed by atoms with Gasteiger partial charge in [0, 0.05) is 30.3 Å². The number of unbranched alkanes of at least 4 members (excludes halogenated alkanes) is 2. The molecule has 1 N–H and O–H groups in total. The average molecular weight is 446 g/mol. The van der Waals surface area contributed by atoms with Crippen molar-refractivity contribution in [2.75, 3.05) is 25.7 Å². The molecule has 0 saturated heterocycles. The number of anilines is 1. The van der Waals surface area contributed by atoms with Crippen molar-refractivity contribution >= 4 is 28.9 Å². The second-order valence-corrected chi connectivity index (χ2v) is 8.31. The molecule has 0 bridgehead atoms. The average Bonchev–Trinajstić information content (AvgIpc) is 3.43. The summed E-state index contributed by atoms with van der Waals surface area (Å²) < 4.78 is 9.47. The standard InChI is InChI=1S/C16H21NO2.C8H10O3S/c1-2-3-4-6-15(18)13-8-10-14(11-9-13)17-12-5-7-16(17)19;1-10-5-6-3-4-7(12-6)8(9)11-2/h5,7-11,15,18H,2-4,6,12H2,1H3;3-4H,5H2,1-2H3. The summed E-state index contributed by atoms with van der Waals surface area (Å²) in [6, 6.07) is 11.2. The van der Waals surface area contributed by atoms with Crippen LogP contribution in [0.25, 0.3) is 0 Å².